The van der Waals surface area contributed by atoms with Crippen LogP contribution in [0.25, 0.3) is 0 Å². The highest BCUT2D eigenvalue weighted by Crippen LogP contribution is 2.39. The van der Waals surface area contributed by atoms with E-state index in [9.17, 15) is 9.59 Å². The van der Waals surface area contributed by atoms with Crippen LogP contribution < -0.4 is 5.32 Å². The summed E-state index contributed by atoms with van der Waals surface area (Å²) < 4.78 is 0. The largest absolute Gasteiger partial charge is 0.356 e. The summed E-state index contributed by atoms with van der Waals surface area (Å²) in [6.45, 7) is 1.54. The van der Waals surface area contributed by atoms with Crippen molar-refractivity contribution in [2.75, 3.05) is 20.1 Å². The van der Waals surface area contributed by atoms with Crippen LogP contribution >= 0.6 is 0 Å². The monoisotopic (exact) mass is 196 g/mol. The van der Waals surface area contributed by atoms with Gasteiger partial charge in [-0.3, -0.25) is 9.59 Å². The molecule has 78 valence electrons. The number of nitrogens with one attached hydrogen (secondary N) is 1. The highest BCUT2D eigenvalue weighted by Gasteiger charge is 2.42. The Morgan fingerprint density at radius 3 is 2.79 bits per heavy atom. The summed E-state index contributed by atoms with van der Waals surface area (Å²) >= 11 is 0. The molecule has 2 saturated heterocycles. The van der Waals surface area contributed by atoms with Gasteiger partial charge in [0.05, 0.1) is 0 Å². The van der Waals surface area contributed by atoms with Gasteiger partial charge >= 0.3 is 0 Å². The van der Waals surface area contributed by atoms with Crippen molar-refractivity contribution in [2.45, 2.75) is 25.7 Å². The van der Waals surface area contributed by atoms with Crippen molar-refractivity contribution in [3.8, 4) is 0 Å². The molecule has 2 rings (SSSR count). The van der Waals surface area contributed by atoms with Gasteiger partial charge in [0.15, 0.2) is 0 Å². The molecule has 2 aliphatic heterocycles. The molecule has 0 aromatic heterocycles. The van der Waals surface area contributed by atoms with Gasteiger partial charge in [0.25, 0.3) is 0 Å². The molecule has 2 aliphatic rings. The van der Waals surface area contributed by atoms with Crippen LogP contribution in [0.1, 0.15) is 25.7 Å². The van der Waals surface area contributed by atoms with E-state index in [1.807, 2.05) is 7.05 Å². The molecule has 0 aliphatic carbocycles. The normalized spacial score (nSPS) is 33.4. The van der Waals surface area contributed by atoms with Crippen molar-refractivity contribution in [2.24, 2.45) is 5.41 Å². The fraction of sp³-hybridized carbons (Fsp3) is 0.800. The summed E-state index contributed by atoms with van der Waals surface area (Å²) in [6.07, 6.45) is 2.99. The predicted octanol–water partition coefficient (Wildman–Crippen LogP) is 0.135. The van der Waals surface area contributed by atoms with Gasteiger partial charge in [0.1, 0.15) is 0 Å². The standard InChI is InChI=1S/C10H16N2O2/c1-12-7-10(6-9(12)14)3-2-8(13)11-5-4-10/h2-7H2,1H3,(H,11,13). The van der Waals surface area contributed by atoms with Gasteiger partial charge in [-0.15, -0.1) is 0 Å². The van der Waals surface area contributed by atoms with Crippen LogP contribution in [0.5, 0.6) is 0 Å². The van der Waals surface area contributed by atoms with Gasteiger partial charge in [-0.05, 0) is 18.3 Å². The van der Waals surface area contributed by atoms with Crippen LogP contribution in [0.4, 0.5) is 0 Å². The van der Waals surface area contributed by atoms with Crippen molar-refractivity contribution in [3.63, 3.8) is 0 Å². The molecule has 2 amide bonds. The zero-order valence-corrected chi connectivity index (χ0v) is 8.51. The highest BCUT2D eigenvalue weighted by atomic mass is 16.2. The Morgan fingerprint density at radius 1 is 1.36 bits per heavy atom. The average molecular weight is 196 g/mol. The first kappa shape index (κ1) is 9.49. The van der Waals surface area contributed by atoms with Crippen LogP contribution in [0.15, 0.2) is 0 Å². The minimum absolute atomic E-state index is 0.0744. The maximum absolute atomic E-state index is 11.5. The second kappa shape index (κ2) is 3.26. The average Bonchev–Trinajstić information content (AvgIpc) is 2.30. The molecular formula is C10H16N2O2. The number of rotatable bonds is 0. The third kappa shape index (κ3) is 1.61. The van der Waals surface area contributed by atoms with E-state index < -0.39 is 0 Å². The maximum Gasteiger partial charge on any atom is 0.222 e. The van der Waals surface area contributed by atoms with Gasteiger partial charge in [0.2, 0.25) is 11.8 Å². The molecular weight excluding hydrogens is 180 g/mol. The zero-order chi connectivity index (χ0) is 10.2. The summed E-state index contributed by atoms with van der Waals surface area (Å²) in [5, 5.41) is 2.86. The van der Waals surface area contributed by atoms with Gasteiger partial charge in [-0.1, -0.05) is 0 Å². The summed E-state index contributed by atoms with van der Waals surface area (Å²) in [5.41, 5.74) is 0.0744. The summed E-state index contributed by atoms with van der Waals surface area (Å²) in [5.74, 6) is 0.350. The maximum atomic E-state index is 11.5. The van der Waals surface area contributed by atoms with E-state index in [1.54, 1.807) is 4.90 Å². The second-order valence-corrected chi connectivity index (χ2v) is 4.53. The lowest BCUT2D eigenvalue weighted by Gasteiger charge is -2.25. The lowest BCUT2D eigenvalue weighted by atomic mass is 9.80. The number of nitrogens with zero attached hydrogens (tertiary/aromatic N) is 1. The molecule has 0 aromatic rings. The molecule has 0 aromatic carbocycles. The van der Waals surface area contributed by atoms with Crippen molar-refractivity contribution >= 4 is 11.8 Å². The molecule has 0 bridgehead atoms. The Balaban J connectivity index is 2.09. The highest BCUT2D eigenvalue weighted by molar-refractivity contribution is 5.80. The molecule has 4 heteroatoms. The van der Waals surface area contributed by atoms with Crippen LogP contribution in [-0.4, -0.2) is 36.9 Å². The van der Waals surface area contributed by atoms with Crippen molar-refractivity contribution in [1.82, 2.24) is 10.2 Å². The Morgan fingerprint density at radius 2 is 2.14 bits per heavy atom. The molecule has 0 radical (unpaired) electrons. The molecule has 14 heavy (non-hydrogen) atoms. The van der Waals surface area contributed by atoms with E-state index >= 15 is 0 Å². The first-order chi connectivity index (χ1) is 6.61. The molecule has 0 saturated carbocycles. The van der Waals surface area contributed by atoms with Gasteiger partial charge in [0, 0.05) is 33.0 Å². The van der Waals surface area contributed by atoms with Gasteiger partial charge in [-0.25, -0.2) is 0 Å². The molecule has 4 nitrogen and oxygen atoms in total. The van der Waals surface area contributed by atoms with Crippen LogP contribution in [0, 0.1) is 5.41 Å². The minimum Gasteiger partial charge on any atom is -0.356 e. The van der Waals surface area contributed by atoms with E-state index in [0.29, 0.717) is 12.8 Å². The molecule has 1 unspecified atom stereocenters. The van der Waals surface area contributed by atoms with Crippen molar-refractivity contribution in [3.05, 3.63) is 0 Å². The quantitative estimate of drug-likeness (QED) is 0.599. The smallest absolute Gasteiger partial charge is 0.222 e. The topological polar surface area (TPSA) is 49.4 Å². The van der Waals surface area contributed by atoms with E-state index in [-0.39, 0.29) is 17.2 Å². The SMILES string of the molecule is CN1CC2(CCNC(=O)CC2)CC1=O. The number of hydrogen-bond donors (Lipinski definition) is 1. The van der Waals surface area contributed by atoms with E-state index in [1.165, 1.54) is 0 Å². The van der Waals surface area contributed by atoms with Gasteiger partial charge < -0.3 is 10.2 Å². The minimum atomic E-state index is 0.0744. The zero-order valence-electron chi connectivity index (χ0n) is 8.51. The number of amides is 2. The number of likely N-dealkylation sites (tertiary alicyclic amines) is 1. The van der Waals surface area contributed by atoms with Gasteiger partial charge in [-0.2, -0.15) is 0 Å². The summed E-state index contributed by atoms with van der Waals surface area (Å²) in [7, 11) is 1.84. The fourth-order valence-electron chi connectivity index (χ4n) is 2.50. The van der Waals surface area contributed by atoms with Crippen LogP contribution in [0.3, 0.4) is 0 Å². The summed E-state index contributed by atoms with van der Waals surface area (Å²) in [6, 6.07) is 0. The fourth-order valence-corrected chi connectivity index (χ4v) is 2.50. The van der Waals surface area contributed by atoms with E-state index in [0.717, 1.165) is 25.9 Å². The first-order valence-electron chi connectivity index (χ1n) is 5.12. The van der Waals surface area contributed by atoms with Crippen molar-refractivity contribution < 1.29 is 9.59 Å². The molecule has 1 atom stereocenters. The lowest BCUT2D eigenvalue weighted by Crippen LogP contribution is -2.26. The van der Waals surface area contributed by atoms with Crippen LogP contribution in [-0.2, 0) is 9.59 Å². The Hall–Kier alpha value is -1.06. The van der Waals surface area contributed by atoms with E-state index in [4.69, 9.17) is 0 Å². The van der Waals surface area contributed by atoms with E-state index in [2.05, 4.69) is 5.32 Å². The molecule has 1 spiro atoms. The second-order valence-electron chi connectivity index (χ2n) is 4.53. The molecule has 2 heterocycles. The number of carbonyl (C=O) groups excluding carboxylic acids is 2. The van der Waals surface area contributed by atoms with Crippen LogP contribution in [0.2, 0.25) is 0 Å². The number of carbonyl (C=O) groups is 2. The first-order valence-corrected chi connectivity index (χ1v) is 5.12. The Kier molecular flexibility index (Phi) is 2.21. The Labute approximate surface area is 83.6 Å². The number of hydrogen-bond acceptors (Lipinski definition) is 2. The third-order valence-corrected chi connectivity index (χ3v) is 3.38. The summed E-state index contributed by atoms with van der Waals surface area (Å²) in [4.78, 5) is 24.4. The predicted molar refractivity (Wildman–Crippen MR) is 51.5 cm³/mol. The molecule has 2 fully saturated rings. The van der Waals surface area contributed by atoms with Crippen molar-refractivity contribution in [1.29, 1.82) is 0 Å². The Bertz CT molecular complexity index is 277. The lowest BCUT2D eigenvalue weighted by molar-refractivity contribution is -0.126. The third-order valence-electron chi connectivity index (χ3n) is 3.38. The molecule has 1 N–H and O–H groups in total.